The SMILES string of the molecule is c1cc(CNC2CCCSC2)cc(C2CC2)c1. The van der Waals surface area contributed by atoms with E-state index < -0.39 is 0 Å². The first-order valence-corrected chi connectivity index (χ1v) is 7.97. The maximum absolute atomic E-state index is 3.70. The minimum absolute atomic E-state index is 0.735. The van der Waals surface area contributed by atoms with Crippen LogP contribution in [0, 0.1) is 0 Å². The first kappa shape index (κ1) is 11.6. The molecule has 0 radical (unpaired) electrons. The van der Waals surface area contributed by atoms with Crippen molar-refractivity contribution in [1.29, 1.82) is 0 Å². The van der Waals surface area contributed by atoms with Crippen molar-refractivity contribution in [2.24, 2.45) is 0 Å². The summed E-state index contributed by atoms with van der Waals surface area (Å²) in [4.78, 5) is 0. The summed E-state index contributed by atoms with van der Waals surface area (Å²) in [6.07, 6.45) is 5.53. The Morgan fingerprint density at radius 3 is 2.94 bits per heavy atom. The lowest BCUT2D eigenvalue weighted by molar-refractivity contribution is 0.507. The number of nitrogens with one attached hydrogen (secondary N) is 1. The lowest BCUT2D eigenvalue weighted by Gasteiger charge is -2.22. The second-order valence-corrected chi connectivity index (χ2v) is 6.46. The molecule has 1 unspecified atom stereocenters. The van der Waals surface area contributed by atoms with E-state index in [4.69, 9.17) is 0 Å². The van der Waals surface area contributed by atoms with Crippen LogP contribution in [0.4, 0.5) is 0 Å². The van der Waals surface area contributed by atoms with E-state index in [1.165, 1.54) is 42.8 Å². The van der Waals surface area contributed by atoms with Gasteiger partial charge in [0.05, 0.1) is 0 Å². The summed E-state index contributed by atoms with van der Waals surface area (Å²) in [5, 5.41) is 3.70. The van der Waals surface area contributed by atoms with Gasteiger partial charge in [-0.2, -0.15) is 11.8 Å². The van der Waals surface area contributed by atoms with Crippen LogP contribution in [0.5, 0.6) is 0 Å². The Kier molecular flexibility index (Phi) is 3.72. The summed E-state index contributed by atoms with van der Waals surface area (Å²) in [5.74, 6) is 3.53. The molecule has 2 fully saturated rings. The van der Waals surface area contributed by atoms with Gasteiger partial charge in [-0.15, -0.1) is 0 Å². The average molecular weight is 247 g/mol. The molecule has 1 saturated heterocycles. The Labute approximate surface area is 108 Å². The summed E-state index contributed by atoms with van der Waals surface area (Å²) in [6, 6.07) is 9.91. The van der Waals surface area contributed by atoms with Crippen LogP contribution in [0.15, 0.2) is 24.3 Å². The monoisotopic (exact) mass is 247 g/mol. The number of hydrogen-bond donors (Lipinski definition) is 1. The molecule has 3 rings (SSSR count). The van der Waals surface area contributed by atoms with Crippen molar-refractivity contribution in [2.75, 3.05) is 11.5 Å². The maximum Gasteiger partial charge on any atom is 0.0208 e. The van der Waals surface area contributed by atoms with Crippen molar-refractivity contribution in [2.45, 2.75) is 44.2 Å². The van der Waals surface area contributed by atoms with Crippen molar-refractivity contribution < 1.29 is 0 Å². The van der Waals surface area contributed by atoms with Crippen LogP contribution in [-0.2, 0) is 6.54 Å². The largest absolute Gasteiger partial charge is 0.309 e. The molecule has 2 heteroatoms. The van der Waals surface area contributed by atoms with E-state index in [0.717, 1.165) is 18.5 Å². The van der Waals surface area contributed by atoms with Crippen molar-refractivity contribution in [3.05, 3.63) is 35.4 Å². The number of benzene rings is 1. The van der Waals surface area contributed by atoms with E-state index in [-0.39, 0.29) is 0 Å². The van der Waals surface area contributed by atoms with Crippen LogP contribution < -0.4 is 5.32 Å². The molecule has 1 aliphatic heterocycles. The zero-order valence-electron chi connectivity index (χ0n) is 10.3. The molecular formula is C15H21NS. The highest BCUT2D eigenvalue weighted by Crippen LogP contribution is 2.40. The fourth-order valence-electron chi connectivity index (χ4n) is 2.54. The molecule has 0 spiro atoms. The summed E-state index contributed by atoms with van der Waals surface area (Å²) in [6.45, 7) is 1.05. The van der Waals surface area contributed by atoms with Crippen LogP contribution in [0.3, 0.4) is 0 Å². The zero-order valence-corrected chi connectivity index (χ0v) is 11.1. The smallest absolute Gasteiger partial charge is 0.0208 e. The van der Waals surface area contributed by atoms with Gasteiger partial charge in [-0.25, -0.2) is 0 Å². The molecule has 1 saturated carbocycles. The first-order valence-electron chi connectivity index (χ1n) is 6.82. The Morgan fingerprint density at radius 1 is 1.24 bits per heavy atom. The normalized spacial score (nSPS) is 24.8. The fraction of sp³-hybridized carbons (Fsp3) is 0.600. The molecule has 1 aromatic rings. The van der Waals surface area contributed by atoms with Gasteiger partial charge in [0.2, 0.25) is 0 Å². The minimum atomic E-state index is 0.735. The van der Waals surface area contributed by atoms with Gasteiger partial charge in [-0.3, -0.25) is 0 Å². The van der Waals surface area contributed by atoms with Crippen molar-refractivity contribution in [1.82, 2.24) is 5.32 Å². The second-order valence-electron chi connectivity index (χ2n) is 5.31. The van der Waals surface area contributed by atoms with Crippen LogP contribution in [0.2, 0.25) is 0 Å². The van der Waals surface area contributed by atoms with Crippen LogP contribution in [-0.4, -0.2) is 17.5 Å². The predicted octanol–water partition coefficient (Wildman–Crippen LogP) is 3.55. The zero-order chi connectivity index (χ0) is 11.5. The molecule has 1 nitrogen and oxygen atoms in total. The Hall–Kier alpha value is -0.470. The van der Waals surface area contributed by atoms with Crippen molar-refractivity contribution in [3.8, 4) is 0 Å². The third-order valence-corrected chi connectivity index (χ3v) is 4.97. The van der Waals surface area contributed by atoms with Crippen molar-refractivity contribution >= 4 is 11.8 Å². The maximum atomic E-state index is 3.70. The standard InChI is InChI=1S/C15H21NS/c1-3-12(9-14(4-1)13-6-7-13)10-16-15-5-2-8-17-11-15/h1,3-4,9,13,15-16H,2,5-8,10-11H2. The van der Waals surface area contributed by atoms with Gasteiger partial charge in [0, 0.05) is 18.3 Å². The molecule has 1 aliphatic carbocycles. The Balaban J connectivity index is 1.54. The number of rotatable bonds is 4. The predicted molar refractivity (Wildman–Crippen MR) is 75.6 cm³/mol. The summed E-state index contributed by atoms with van der Waals surface area (Å²) in [5.41, 5.74) is 3.02. The van der Waals surface area contributed by atoms with E-state index in [2.05, 4.69) is 41.3 Å². The molecule has 0 bridgehead atoms. The van der Waals surface area contributed by atoms with Crippen LogP contribution in [0.1, 0.15) is 42.7 Å². The molecule has 1 heterocycles. The number of hydrogen-bond acceptors (Lipinski definition) is 2. The van der Waals surface area contributed by atoms with Crippen LogP contribution in [0.25, 0.3) is 0 Å². The van der Waals surface area contributed by atoms with Gasteiger partial charge in [-0.05, 0) is 48.5 Å². The van der Waals surface area contributed by atoms with Crippen molar-refractivity contribution in [3.63, 3.8) is 0 Å². The van der Waals surface area contributed by atoms with Gasteiger partial charge < -0.3 is 5.32 Å². The van der Waals surface area contributed by atoms with E-state index in [1.54, 1.807) is 5.56 Å². The fourth-order valence-corrected chi connectivity index (χ4v) is 3.64. The molecular weight excluding hydrogens is 226 g/mol. The summed E-state index contributed by atoms with van der Waals surface area (Å²) < 4.78 is 0. The first-order chi connectivity index (χ1) is 8.42. The molecule has 1 aromatic carbocycles. The van der Waals surface area contributed by atoms with Crippen LogP contribution >= 0.6 is 11.8 Å². The van der Waals surface area contributed by atoms with E-state index in [9.17, 15) is 0 Å². The topological polar surface area (TPSA) is 12.0 Å². The molecule has 17 heavy (non-hydrogen) atoms. The van der Waals surface area contributed by atoms with Gasteiger partial charge in [0.15, 0.2) is 0 Å². The third-order valence-electron chi connectivity index (χ3n) is 3.75. The highest BCUT2D eigenvalue weighted by Gasteiger charge is 2.23. The lowest BCUT2D eigenvalue weighted by atomic mass is 10.1. The lowest BCUT2D eigenvalue weighted by Crippen LogP contribution is -2.33. The van der Waals surface area contributed by atoms with Gasteiger partial charge in [-0.1, -0.05) is 24.3 Å². The molecule has 1 atom stereocenters. The molecule has 0 amide bonds. The molecule has 1 N–H and O–H groups in total. The average Bonchev–Trinajstić information content (AvgIpc) is 3.22. The number of thioether (sulfide) groups is 1. The third kappa shape index (κ3) is 3.26. The van der Waals surface area contributed by atoms with E-state index in [1.807, 2.05) is 0 Å². The molecule has 0 aromatic heterocycles. The molecule has 92 valence electrons. The van der Waals surface area contributed by atoms with Gasteiger partial charge in [0.25, 0.3) is 0 Å². The Morgan fingerprint density at radius 2 is 2.18 bits per heavy atom. The highest BCUT2D eigenvalue weighted by atomic mass is 32.2. The highest BCUT2D eigenvalue weighted by molar-refractivity contribution is 7.99. The minimum Gasteiger partial charge on any atom is -0.309 e. The second kappa shape index (κ2) is 5.45. The van der Waals surface area contributed by atoms with E-state index >= 15 is 0 Å². The van der Waals surface area contributed by atoms with E-state index in [0.29, 0.717) is 0 Å². The Bertz CT molecular complexity index is 367. The summed E-state index contributed by atoms with van der Waals surface area (Å²) in [7, 11) is 0. The quantitative estimate of drug-likeness (QED) is 0.873. The van der Waals surface area contributed by atoms with Gasteiger partial charge in [0.1, 0.15) is 0 Å². The molecule has 2 aliphatic rings. The summed E-state index contributed by atoms with van der Waals surface area (Å²) >= 11 is 2.09. The van der Waals surface area contributed by atoms with Gasteiger partial charge >= 0.3 is 0 Å².